The van der Waals surface area contributed by atoms with Gasteiger partial charge in [0.05, 0.1) is 27.2 Å². The Hall–Kier alpha value is -1.58. The van der Waals surface area contributed by atoms with Gasteiger partial charge in [-0.15, -0.1) is 0 Å². The Kier molecular flexibility index (Phi) is 6.49. The van der Waals surface area contributed by atoms with E-state index in [1.165, 1.54) is 24.5 Å². The number of aromatic nitrogens is 4. The summed E-state index contributed by atoms with van der Waals surface area (Å²) in [4.78, 5) is 0. The zero-order chi connectivity index (χ0) is 15.1. The van der Waals surface area contributed by atoms with Gasteiger partial charge in [-0.25, -0.2) is 18.3 Å². The molecule has 0 radical (unpaired) electrons. The second-order valence-electron chi connectivity index (χ2n) is 5.25. The second kappa shape index (κ2) is 7.88. The first-order valence-corrected chi connectivity index (χ1v) is 7.53. The van der Waals surface area contributed by atoms with Crippen molar-refractivity contribution in [2.24, 2.45) is 14.1 Å². The summed E-state index contributed by atoms with van der Waals surface area (Å²) >= 11 is 0. The molecule has 20 heavy (non-hydrogen) atoms. The molecule has 0 aliphatic rings. The molecule has 0 N–H and O–H groups in total. The van der Waals surface area contributed by atoms with Crippen LogP contribution in [-0.4, -0.2) is 9.13 Å². The maximum Gasteiger partial charge on any atom is 0.253 e. The van der Waals surface area contributed by atoms with E-state index in [4.69, 9.17) is 0 Å². The number of rotatable bonds is 4. The van der Waals surface area contributed by atoms with E-state index in [0.717, 1.165) is 13.1 Å². The lowest BCUT2D eigenvalue weighted by atomic mass is 10.3. The van der Waals surface area contributed by atoms with Gasteiger partial charge in [-0.2, -0.15) is 0 Å². The highest BCUT2D eigenvalue weighted by Gasteiger charge is 2.06. The third-order valence-corrected chi connectivity index (χ3v) is 3.89. The maximum atomic E-state index is 2.30. The normalized spacial score (nSPS) is 10.3. The first-order valence-electron chi connectivity index (χ1n) is 7.53. The van der Waals surface area contributed by atoms with Crippen molar-refractivity contribution >= 4 is 0 Å². The number of aryl methyl sites for hydroxylation is 4. The lowest BCUT2D eigenvalue weighted by Gasteiger charge is -1.95. The van der Waals surface area contributed by atoms with Crippen molar-refractivity contribution < 1.29 is 9.13 Å². The first kappa shape index (κ1) is 16.5. The van der Waals surface area contributed by atoms with Crippen LogP contribution in [0, 0.1) is 13.8 Å². The Balaban J connectivity index is 0.000000204. The Morgan fingerprint density at radius 1 is 0.900 bits per heavy atom. The number of unbranched alkanes of at least 4 members (excludes halogenated alkanes) is 1. The van der Waals surface area contributed by atoms with Gasteiger partial charge in [0, 0.05) is 13.8 Å². The molecule has 0 aromatic carbocycles. The molecule has 2 rings (SSSR count). The summed E-state index contributed by atoms with van der Waals surface area (Å²) in [5.74, 6) is 2.64. The van der Waals surface area contributed by atoms with E-state index in [9.17, 15) is 0 Å². The van der Waals surface area contributed by atoms with E-state index in [-0.39, 0.29) is 0 Å². The summed E-state index contributed by atoms with van der Waals surface area (Å²) in [5.41, 5.74) is 0. The minimum Gasteiger partial charge on any atom is -0.237 e. The van der Waals surface area contributed by atoms with Gasteiger partial charge in [0.15, 0.2) is 0 Å². The average Bonchev–Trinajstić information content (AvgIpc) is 2.94. The quantitative estimate of drug-likeness (QED) is 0.762. The number of hydrogen-bond donors (Lipinski definition) is 0. The predicted octanol–water partition coefficient (Wildman–Crippen LogP) is 2.06. The van der Waals surface area contributed by atoms with E-state index < -0.39 is 0 Å². The van der Waals surface area contributed by atoms with Gasteiger partial charge in [-0.05, 0) is 13.3 Å². The fraction of sp³-hybridized carbons (Fsp3) is 0.625. The highest BCUT2D eigenvalue weighted by molar-refractivity contribution is 4.79. The van der Waals surface area contributed by atoms with Crippen LogP contribution in [0.15, 0.2) is 24.8 Å². The molecule has 2 heterocycles. The highest BCUT2D eigenvalue weighted by Crippen LogP contribution is 1.97. The van der Waals surface area contributed by atoms with Crippen LogP contribution in [0.2, 0.25) is 0 Å². The van der Waals surface area contributed by atoms with Crippen LogP contribution >= 0.6 is 0 Å². The fourth-order valence-corrected chi connectivity index (χ4v) is 2.10. The van der Waals surface area contributed by atoms with E-state index in [0.29, 0.717) is 0 Å². The van der Waals surface area contributed by atoms with Crippen molar-refractivity contribution in [3.05, 3.63) is 36.4 Å². The Morgan fingerprint density at radius 2 is 1.40 bits per heavy atom. The van der Waals surface area contributed by atoms with Crippen LogP contribution in [0.1, 0.15) is 38.3 Å². The molecule has 0 saturated heterocycles. The smallest absolute Gasteiger partial charge is 0.237 e. The van der Waals surface area contributed by atoms with Crippen LogP contribution < -0.4 is 9.13 Å². The van der Waals surface area contributed by atoms with Crippen LogP contribution in [-0.2, 0) is 27.2 Å². The van der Waals surface area contributed by atoms with Crippen molar-refractivity contribution in [2.75, 3.05) is 0 Å². The van der Waals surface area contributed by atoms with E-state index in [2.05, 4.69) is 84.8 Å². The molecular formula is C16H30N4+2. The van der Waals surface area contributed by atoms with Crippen molar-refractivity contribution in [1.29, 1.82) is 0 Å². The molecule has 112 valence electrons. The van der Waals surface area contributed by atoms with Gasteiger partial charge in [-0.1, -0.05) is 13.3 Å². The molecule has 0 spiro atoms. The van der Waals surface area contributed by atoms with Crippen LogP contribution in [0.25, 0.3) is 0 Å². The first-order chi connectivity index (χ1) is 9.51. The topological polar surface area (TPSA) is 17.6 Å². The summed E-state index contributed by atoms with van der Waals surface area (Å²) in [6, 6.07) is 0. The second-order valence-corrected chi connectivity index (χ2v) is 5.25. The molecule has 0 fully saturated rings. The third-order valence-electron chi connectivity index (χ3n) is 3.89. The molecular weight excluding hydrogens is 248 g/mol. The van der Waals surface area contributed by atoms with Gasteiger partial charge >= 0.3 is 0 Å². The molecule has 0 unspecified atom stereocenters. The summed E-state index contributed by atoms with van der Waals surface area (Å²) in [5, 5.41) is 0. The zero-order valence-corrected chi connectivity index (χ0v) is 13.9. The Bertz CT molecular complexity index is 523. The minimum atomic E-state index is 1.06. The lowest BCUT2D eigenvalue weighted by molar-refractivity contribution is -0.677. The van der Waals surface area contributed by atoms with Gasteiger partial charge in [0.1, 0.15) is 24.8 Å². The number of imidazole rings is 2. The average molecular weight is 278 g/mol. The maximum absolute atomic E-state index is 2.30. The van der Waals surface area contributed by atoms with E-state index >= 15 is 0 Å². The van der Waals surface area contributed by atoms with Crippen molar-refractivity contribution in [1.82, 2.24) is 9.13 Å². The van der Waals surface area contributed by atoms with Crippen molar-refractivity contribution in [3.8, 4) is 0 Å². The fourth-order valence-electron chi connectivity index (χ4n) is 2.10. The molecule has 0 aliphatic carbocycles. The molecule has 0 atom stereocenters. The van der Waals surface area contributed by atoms with Gasteiger partial charge in [0.2, 0.25) is 0 Å². The van der Waals surface area contributed by atoms with Gasteiger partial charge in [0.25, 0.3) is 11.6 Å². The van der Waals surface area contributed by atoms with Gasteiger partial charge in [-0.3, -0.25) is 0 Å². The van der Waals surface area contributed by atoms with Crippen LogP contribution in [0.5, 0.6) is 0 Å². The minimum absolute atomic E-state index is 1.06. The zero-order valence-electron chi connectivity index (χ0n) is 13.9. The van der Waals surface area contributed by atoms with E-state index in [1.807, 2.05) is 0 Å². The number of nitrogens with zero attached hydrogens (tertiary/aromatic N) is 4. The number of hydrogen-bond acceptors (Lipinski definition) is 0. The molecule has 0 saturated carbocycles. The van der Waals surface area contributed by atoms with Crippen molar-refractivity contribution in [2.45, 2.75) is 53.6 Å². The highest BCUT2D eigenvalue weighted by atomic mass is 15.1. The summed E-state index contributed by atoms with van der Waals surface area (Å²) in [6.07, 6.45) is 10.9. The van der Waals surface area contributed by atoms with Crippen LogP contribution in [0.4, 0.5) is 0 Å². The molecule has 4 heteroatoms. The SMILES string of the molecule is CCCCn1cc[n+](C)c1C.CCn1cc[n+](C)c1C. The van der Waals surface area contributed by atoms with Crippen LogP contribution in [0.3, 0.4) is 0 Å². The summed E-state index contributed by atoms with van der Waals surface area (Å²) < 4.78 is 8.77. The summed E-state index contributed by atoms with van der Waals surface area (Å²) in [7, 11) is 4.14. The van der Waals surface area contributed by atoms with E-state index in [1.54, 1.807) is 0 Å². The predicted molar refractivity (Wildman–Crippen MR) is 81.3 cm³/mol. The molecule has 2 aromatic rings. The molecule has 0 amide bonds. The third kappa shape index (κ3) is 4.22. The molecule has 0 bridgehead atoms. The monoisotopic (exact) mass is 278 g/mol. The summed E-state index contributed by atoms with van der Waals surface area (Å²) in [6.45, 7) is 10.8. The molecule has 2 aromatic heterocycles. The van der Waals surface area contributed by atoms with Crippen molar-refractivity contribution in [3.63, 3.8) is 0 Å². The molecule has 4 nitrogen and oxygen atoms in total. The standard InChI is InChI=1S/C9H17N2.C7H13N2/c1-4-5-6-11-8-7-10(3)9(11)2;1-4-9-6-5-8(3)7(9)2/h7-8H,4-6H2,1-3H3;5-6H,4H2,1-3H3/q2*+1. The Morgan fingerprint density at radius 3 is 1.70 bits per heavy atom. The van der Waals surface area contributed by atoms with Gasteiger partial charge < -0.3 is 0 Å². The molecule has 0 aliphatic heterocycles. The Labute approximate surface area is 123 Å². The lowest BCUT2D eigenvalue weighted by Crippen LogP contribution is -2.29. The largest absolute Gasteiger partial charge is 0.253 e.